The summed E-state index contributed by atoms with van der Waals surface area (Å²) in [6.45, 7) is 1.52. The lowest BCUT2D eigenvalue weighted by Gasteiger charge is -2.06. The Balaban J connectivity index is 2.08. The summed E-state index contributed by atoms with van der Waals surface area (Å²) in [7, 11) is -4.26. The molecule has 1 N–H and O–H groups in total. The standard InChI is InChI=1S/C6H10FNO2S/c7-11(9,10)4-6-1-5(6)2-8-3-6/h5,8H,1-4H2. The third-order valence-corrected chi connectivity index (χ3v) is 3.61. The first-order valence-electron chi connectivity index (χ1n) is 3.65. The van der Waals surface area contributed by atoms with E-state index < -0.39 is 10.2 Å². The lowest BCUT2D eigenvalue weighted by atomic mass is 10.1. The number of halogens is 1. The predicted molar refractivity (Wildman–Crippen MR) is 38.3 cm³/mol. The first kappa shape index (κ1) is 7.49. The molecule has 0 aromatic heterocycles. The quantitative estimate of drug-likeness (QED) is 0.602. The second kappa shape index (κ2) is 1.95. The molecule has 1 aliphatic heterocycles. The smallest absolute Gasteiger partial charge is 0.303 e. The molecule has 64 valence electrons. The van der Waals surface area contributed by atoms with E-state index in [9.17, 15) is 12.3 Å². The average molecular weight is 179 g/mol. The number of hydrogen-bond acceptors (Lipinski definition) is 3. The van der Waals surface area contributed by atoms with Gasteiger partial charge in [-0.1, -0.05) is 0 Å². The van der Waals surface area contributed by atoms with Crippen LogP contribution in [-0.2, 0) is 10.2 Å². The molecule has 0 aromatic rings. The summed E-state index contributed by atoms with van der Waals surface area (Å²) < 4.78 is 32.9. The van der Waals surface area contributed by atoms with Crippen molar-refractivity contribution in [3.05, 3.63) is 0 Å². The van der Waals surface area contributed by atoms with Crippen LogP contribution < -0.4 is 5.32 Å². The van der Waals surface area contributed by atoms with Crippen molar-refractivity contribution in [3.8, 4) is 0 Å². The summed E-state index contributed by atoms with van der Waals surface area (Å²) in [5.41, 5.74) is -0.229. The molecule has 0 bridgehead atoms. The van der Waals surface area contributed by atoms with Crippen LogP contribution in [0.15, 0.2) is 0 Å². The van der Waals surface area contributed by atoms with Gasteiger partial charge in [-0.2, -0.15) is 8.42 Å². The van der Waals surface area contributed by atoms with E-state index in [1.165, 1.54) is 0 Å². The maximum Gasteiger partial charge on any atom is 0.303 e. The van der Waals surface area contributed by atoms with E-state index in [0.29, 0.717) is 12.5 Å². The highest BCUT2D eigenvalue weighted by atomic mass is 32.3. The molecule has 11 heavy (non-hydrogen) atoms. The molecular weight excluding hydrogens is 169 g/mol. The highest BCUT2D eigenvalue weighted by molar-refractivity contribution is 7.86. The van der Waals surface area contributed by atoms with Gasteiger partial charge in [-0.25, -0.2) is 0 Å². The minimum atomic E-state index is -4.26. The molecule has 2 unspecified atom stereocenters. The van der Waals surface area contributed by atoms with Crippen LogP contribution >= 0.6 is 0 Å². The van der Waals surface area contributed by atoms with E-state index in [2.05, 4.69) is 5.32 Å². The molecule has 2 rings (SSSR count). The van der Waals surface area contributed by atoms with Crippen molar-refractivity contribution in [2.75, 3.05) is 18.8 Å². The van der Waals surface area contributed by atoms with Gasteiger partial charge < -0.3 is 5.32 Å². The minimum Gasteiger partial charge on any atom is -0.316 e. The van der Waals surface area contributed by atoms with Crippen LogP contribution in [0.3, 0.4) is 0 Å². The van der Waals surface area contributed by atoms with Gasteiger partial charge in [-0.15, -0.1) is 3.89 Å². The van der Waals surface area contributed by atoms with E-state index in [1.807, 2.05) is 0 Å². The largest absolute Gasteiger partial charge is 0.316 e. The lowest BCUT2D eigenvalue weighted by molar-refractivity contribution is 0.511. The zero-order chi connectivity index (χ0) is 8.11. The van der Waals surface area contributed by atoms with Gasteiger partial charge in [-0.05, 0) is 18.9 Å². The number of nitrogens with one attached hydrogen (secondary N) is 1. The van der Waals surface area contributed by atoms with Gasteiger partial charge in [0, 0.05) is 12.0 Å². The highest BCUT2D eigenvalue weighted by Gasteiger charge is 2.59. The molecule has 2 aliphatic rings. The van der Waals surface area contributed by atoms with Crippen molar-refractivity contribution in [1.82, 2.24) is 5.32 Å². The van der Waals surface area contributed by atoms with Crippen LogP contribution in [-0.4, -0.2) is 27.3 Å². The number of piperidine rings is 1. The number of fused-ring (bicyclic) bond motifs is 1. The maximum absolute atomic E-state index is 12.3. The van der Waals surface area contributed by atoms with E-state index in [0.717, 1.165) is 13.0 Å². The third kappa shape index (κ3) is 1.27. The number of rotatable bonds is 2. The molecular formula is C6H10FNO2S. The third-order valence-electron chi connectivity index (χ3n) is 2.69. The lowest BCUT2D eigenvalue weighted by Crippen LogP contribution is -2.21. The van der Waals surface area contributed by atoms with E-state index in [-0.39, 0.29) is 11.2 Å². The minimum absolute atomic E-state index is 0.229. The van der Waals surface area contributed by atoms with Gasteiger partial charge in [-0.3, -0.25) is 0 Å². The molecule has 0 aromatic carbocycles. The van der Waals surface area contributed by atoms with Crippen molar-refractivity contribution in [3.63, 3.8) is 0 Å². The van der Waals surface area contributed by atoms with Crippen molar-refractivity contribution in [2.45, 2.75) is 6.42 Å². The van der Waals surface area contributed by atoms with Gasteiger partial charge in [0.1, 0.15) is 0 Å². The fourth-order valence-electron chi connectivity index (χ4n) is 2.00. The van der Waals surface area contributed by atoms with Gasteiger partial charge in [0.2, 0.25) is 0 Å². The second-order valence-corrected chi connectivity index (χ2v) is 4.94. The SMILES string of the molecule is O=S(=O)(F)CC12CNCC1C2. The van der Waals surface area contributed by atoms with Crippen LogP contribution in [0.25, 0.3) is 0 Å². The first-order chi connectivity index (χ1) is 5.02. The van der Waals surface area contributed by atoms with E-state index in [1.54, 1.807) is 0 Å². The molecule has 1 saturated heterocycles. The molecule has 1 heterocycles. The van der Waals surface area contributed by atoms with Crippen LogP contribution in [0.4, 0.5) is 3.89 Å². The van der Waals surface area contributed by atoms with Crippen LogP contribution in [0, 0.1) is 11.3 Å². The van der Waals surface area contributed by atoms with Crippen LogP contribution in [0.1, 0.15) is 6.42 Å². The number of hydrogen-bond donors (Lipinski definition) is 1. The average Bonchev–Trinajstić information content (AvgIpc) is 2.30. The molecule has 3 nitrogen and oxygen atoms in total. The Hall–Kier alpha value is -0.160. The molecule has 2 fully saturated rings. The summed E-state index contributed by atoms with van der Waals surface area (Å²) >= 11 is 0. The summed E-state index contributed by atoms with van der Waals surface area (Å²) in [5.74, 6) is 0.130. The molecule has 1 saturated carbocycles. The van der Waals surface area contributed by atoms with Crippen molar-refractivity contribution >= 4 is 10.2 Å². The monoisotopic (exact) mass is 179 g/mol. The Labute approximate surface area is 65.2 Å². The summed E-state index contributed by atoms with van der Waals surface area (Å²) in [5, 5.41) is 3.05. The zero-order valence-electron chi connectivity index (χ0n) is 6.01. The Morgan fingerprint density at radius 3 is 2.73 bits per heavy atom. The second-order valence-electron chi connectivity index (χ2n) is 3.58. The van der Waals surface area contributed by atoms with E-state index >= 15 is 0 Å². The maximum atomic E-state index is 12.3. The Bertz CT molecular complexity index is 276. The van der Waals surface area contributed by atoms with Gasteiger partial charge in [0.05, 0.1) is 5.75 Å². The Morgan fingerprint density at radius 1 is 1.64 bits per heavy atom. The molecule has 0 radical (unpaired) electrons. The summed E-state index contributed by atoms with van der Waals surface area (Å²) in [6, 6.07) is 0. The Morgan fingerprint density at radius 2 is 2.36 bits per heavy atom. The van der Waals surface area contributed by atoms with Crippen LogP contribution in [0.2, 0.25) is 0 Å². The van der Waals surface area contributed by atoms with Gasteiger partial charge in [0.25, 0.3) is 0 Å². The topological polar surface area (TPSA) is 46.2 Å². The fourth-order valence-corrected chi connectivity index (χ4v) is 3.15. The normalized spacial score (nSPS) is 42.1. The van der Waals surface area contributed by atoms with E-state index in [4.69, 9.17) is 0 Å². The van der Waals surface area contributed by atoms with Gasteiger partial charge in [0.15, 0.2) is 0 Å². The Kier molecular flexibility index (Phi) is 1.33. The van der Waals surface area contributed by atoms with Gasteiger partial charge >= 0.3 is 10.2 Å². The highest BCUT2D eigenvalue weighted by Crippen LogP contribution is 2.55. The predicted octanol–water partition coefficient (Wildman–Crippen LogP) is -0.105. The van der Waals surface area contributed by atoms with Crippen molar-refractivity contribution in [2.24, 2.45) is 11.3 Å². The molecule has 5 heteroatoms. The molecule has 0 amide bonds. The first-order valence-corrected chi connectivity index (χ1v) is 5.20. The summed E-state index contributed by atoms with van der Waals surface area (Å²) in [4.78, 5) is 0. The fraction of sp³-hybridized carbons (Fsp3) is 1.00. The van der Waals surface area contributed by atoms with Crippen LogP contribution in [0.5, 0.6) is 0 Å². The molecule has 0 spiro atoms. The molecule has 1 aliphatic carbocycles. The summed E-state index contributed by atoms with van der Waals surface area (Å²) in [6.07, 6.45) is 0.878. The van der Waals surface area contributed by atoms with Crippen molar-refractivity contribution < 1.29 is 12.3 Å². The zero-order valence-corrected chi connectivity index (χ0v) is 6.82. The van der Waals surface area contributed by atoms with Crippen molar-refractivity contribution in [1.29, 1.82) is 0 Å². The molecule has 2 atom stereocenters.